The number of hydrogen-bond donors (Lipinski definition) is 1. The van der Waals surface area contributed by atoms with Crippen LogP contribution >= 0.6 is 20.7 Å². The first-order valence-electron chi connectivity index (χ1n) is 10.9. The van der Waals surface area contributed by atoms with Crippen LogP contribution in [0.15, 0.2) is 48.7 Å². The first-order chi connectivity index (χ1) is 17.2. The molecule has 3 aromatic rings. The summed E-state index contributed by atoms with van der Waals surface area (Å²) in [5, 5.41) is 7.22. The highest BCUT2D eigenvalue weighted by Crippen LogP contribution is 2.39. The van der Waals surface area contributed by atoms with E-state index in [0.29, 0.717) is 41.4 Å². The summed E-state index contributed by atoms with van der Waals surface area (Å²) >= 11 is -1.62. The average Bonchev–Trinajstić information content (AvgIpc) is 3.29. The van der Waals surface area contributed by atoms with Crippen molar-refractivity contribution >= 4 is 42.7 Å². The van der Waals surface area contributed by atoms with E-state index < -0.39 is 36.6 Å². The summed E-state index contributed by atoms with van der Waals surface area (Å²) in [6.45, 7) is 0.320. The zero-order valence-electron chi connectivity index (χ0n) is 19.9. The number of methoxy groups -OCH3 is 2. The van der Waals surface area contributed by atoms with Gasteiger partial charge in [-0.1, -0.05) is 16.6 Å². The molecule has 0 aliphatic carbocycles. The molecule has 8 nitrogen and oxygen atoms in total. The molecule has 0 radical (unpaired) electrons. The lowest BCUT2D eigenvalue weighted by molar-refractivity contribution is 0.0930. The Morgan fingerprint density at radius 2 is 1.89 bits per heavy atom. The molecule has 190 valence electrons. The van der Waals surface area contributed by atoms with Gasteiger partial charge in [-0.05, 0) is 57.5 Å². The molecule has 0 bridgehead atoms. The predicted octanol–water partition coefficient (Wildman–Crippen LogP) is 4.41. The molecule has 0 saturated carbocycles. The Kier molecular flexibility index (Phi) is 7.38. The van der Waals surface area contributed by atoms with Crippen LogP contribution in [0.4, 0.5) is 14.5 Å². The zero-order chi connectivity index (χ0) is 26.0. The van der Waals surface area contributed by atoms with Gasteiger partial charge in [-0.2, -0.15) is 13.9 Å². The molecule has 1 aliphatic heterocycles. The molecular formula is C25H25F2IN4O4. The number of carbonyl (C=O) groups excluding carboxylic acids is 2. The molecule has 0 spiro atoms. The van der Waals surface area contributed by atoms with E-state index in [1.807, 2.05) is 0 Å². The summed E-state index contributed by atoms with van der Waals surface area (Å²) in [5.74, 6) is 0.218. The monoisotopic (exact) mass is 610 g/mol. The first-order valence-corrected chi connectivity index (χ1v) is 13.5. The average molecular weight is 610 g/mol. The SMILES string of the molecule is C=IC(F)(F)c1cccc(C(=O)NC2CCN(C(=O)c3ccc(OC)c(OC)c3)c3cnn(C)c32)c1. The maximum atomic E-state index is 14.1. The second-order valence-electron chi connectivity index (χ2n) is 8.09. The molecule has 11 heteroatoms. The number of fused-ring (bicyclic) bond motifs is 1. The first kappa shape index (κ1) is 25.7. The minimum absolute atomic E-state index is 0.136. The summed E-state index contributed by atoms with van der Waals surface area (Å²) in [7, 11) is 4.74. The number of halogens is 3. The molecule has 0 fully saturated rings. The number of rotatable bonds is 7. The molecule has 1 unspecified atom stereocenters. The number of carbonyl (C=O) groups is 2. The fourth-order valence-electron chi connectivity index (χ4n) is 4.19. The van der Waals surface area contributed by atoms with E-state index in [0.717, 1.165) is 0 Å². The molecule has 2 amide bonds. The van der Waals surface area contributed by atoms with Gasteiger partial charge < -0.3 is 19.7 Å². The molecule has 1 N–H and O–H groups in total. The van der Waals surface area contributed by atoms with Crippen molar-refractivity contribution in [2.75, 3.05) is 25.7 Å². The zero-order valence-corrected chi connectivity index (χ0v) is 22.1. The van der Waals surface area contributed by atoms with Crippen molar-refractivity contribution in [2.24, 2.45) is 7.05 Å². The topological polar surface area (TPSA) is 85.7 Å². The van der Waals surface area contributed by atoms with Crippen LogP contribution < -0.4 is 19.7 Å². The normalized spacial score (nSPS) is 15.2. The number of nitrogens with one attached hydrogen (secondary N) is 1. The van der Waals surface area contributed by atoms with E-state index in [1.54, 1.807) is 41.0 Å². The van der Waals surface area contributed by atoms with Gasteiger partial charge in [0.05, 0.1) is 37.8 Å². The number of aryl methyl sites for hydroxylation is 1. The third-order valence-corrected chi connectivity index (χ3v) is 7.61. The van der Waals surface area contributed by atoms with Crippen molar-refractivity contribution in [3.05, 3.63) is 71.0 Å². The highest BCUT2D eigenvalue weighted by molar-refractivity contribution is 14.2. The summed E-state index contributed by atoms with van der Waals surface area (Å²) in [6, 6.07) is 9.93. The minimum atomic E-state index is -3.01. The quantitative estimate of drug-likeness (QED) is 0.317. The summed E-state index contributed by atoms with van der Waals surface area (Å²) in [5.41, 5.74) is 1.55. The Bertz CT molecular complexity index is 1330. The molecule has 1 atom stereocenters. The number of nitrogens with zero attached hydrogens (tertiary/aromatic N) is 3. The molecule has 4 rings (SSSR count). The fourth-order valence-corrected chi connectivity index (χ4v) is 4.97. The standard InChI is InChI=1S/C25H25F2IN4O4/c1-28-25(26,27)17-7-5-6-15(12-17)23(33)30-18-10-11-32(19-14-29-31(2)22(18)19)24(34)16-8-9-20(35-3)21(13-16)36-4/h5-9,12-14,18H,1,10-11H2,2-4H3,(H,30,33). The smallest absolute Gasteiger partial charge is 0.316 e. The number of ether oxygens (including phenoxy) is 2. The van der Waals surface area contributed by atoms with Crippen molar-refractivity contribution in [3.8, 4) is 11.5 Å². The third kappa shape index (κ3) is 4.84. The Morgan fingerprint density at radius 3 is 2.58 bits per heavy atom. The van der Waals surface area contributed by atoms with Gasteiger partial charge in [0, 0.05) is 30.3 Å². The second kappa shape index (κ2) is 10.3. The number of alkyl halides is 3. The molecule has 2 heterocycles. The summed E-state index contributed by atoms with van der Waals surface area (Å²) in [4.78, 5) is 28.0. The molecule has 1 aromatic heterocycles. The van der Waals surface area contributed by atoms with Gasteiger partial charge in [0.25, 0.3) is 11.8 Å². The van der Waals surface area contributed by atoms with Crippen LogP contribution in [0.5, 0.6) is 11.5 Å². The fraction of sp³-hybridized carbons (Fsp3) is 0.280. The van der Waals surface area contributed by atoms with E-state index in [4.69, 9.17) is 9.47 Å². The summed E-state index contributed by atoms with van der Waals surface area (Å²) in [6.07, 6.45) is 1.99. The van der Waals surface area contributed by atoms with E-state index >= 15 is 0 Å². The Labute approximate surface area is 216 Å². The van der Waals surface area contributed by atoms with Gasteiger partial charge in [0.2, 0.25) is 0 Å². The maximum absolute atomic E-state index is 14.1. The molecular weight excluding hydrogens is 585 g/mol. The van der Waals surface area contributed by atoms with Gasteiger partial charge in [-0.25, -0.2) is 0 Å². The van der Waals surface area contributed by atoms with Crippen LogP contribution in [0.1, 0.15) is 44.4 Å². The Morgan fingerprint density at radius 1 is 1.14 bits per heavy atom. The van der Waals surface area contributed by atoms with Crippen LogP contribution in [-0.4, -0.2) is 46.9 Å². The molecule has 0 saturated heterocycles. The Hall–Kier alpha value is -3.35. The lowest BCUT2D eigenvalue weighted by atomic mass is 10.0. The van der Waals surface area contributed by atoms with E-state index in [2.05, 4.69) is 14.9 Å². The van der Waals surface area contributed by atoms with Crippen LogP contribution in [-0.2, 0) is 11.0 Å². The van der Waals surface area contributed by atoms with Crippen LogP contribution in [0, 0.1) is 0 Å². The number of hydrogen-bond acceptors (Lipinski definition) is 5. The maximum Gasteiger partial charge on any atom is 0.316 e. The van der Waals surface area contributed by atoms with Crippen molar-refractivity contribution in [1.82, 2.24) is 15.1 Å². The highest BCUT2D eigenvalue weighted by atomic mass is 127. The summed E-state index contributed by atoms with van der Waals surface area (Å²) < 4.78 is 40.8. The van der Waals surface area contributed by atoms with E-state index in [-0.39, 0.29) is 17.0 Å². The van der Waals surface area contributed by atoms with Gasteiger partial charge in [0.1, 0.15) is 0 Å². The van der Waals surface area contributed by atoms with Crippen LogP contribution in [0.2, 0.25) is 0 Å². The van der Waals surface area contributed by atoms with Crippen molar-refractivity contribution in [1.29, 1.82) is 0 Å². The third-order valence-electron chi connectivity index (χ3n) is 6.03. The molecule has 2 aromatic carbocycles. The predicted molar refractivity (Wildman–Crippen MR) is 141 cm³/mol. The molecule has 1 aliphatic rings. The minimum Gasteiger partial charge on any atom is -0.493 e. The van der Waals surface area contributed by atoms with Gasteiger partial charge in [-0.3, -0.25) is 14.3 Å². The largest absolute Gasteiger partial charge is 0.493 e. The van der Waals surface area contributed by atoms with Crippen LogP contribution in [0.25, 0.3) is 0 Å². The number of anilines is 1. The van der Waals surface area contributed by atoms with Gasteiger partial charge in [-0.15, -0.1) is 0 Å². The van der Waals surface area contributed by atoms with Crippen molar-refractivity contribution < 1.29 is 27.8 Å². The molecule has 36 heavy (non-hydrogen) atoms. The van der Waals surface area contributed by atoms with E-state index in [9.17, 15) is 18.4 Å². The van der Waals surface area contributed by atoms with Crippen molar-refractivity contribution in [2.45, 2.75) is 16.4 Å². The lowest BCUT2D eigenvalue weighted by Crippen LogP contribution is -2.41. The second-order valence-corrected chi connectivity index (χ2v) is 10.2. The van der Waals surface area contributed by atoms with Crippen molar-refractivity contribution in [3.63, 3.8) is 0 Å². The van der Waals surface area contributed by atoms with Gasteiger partial charge >= 0.3 is 3.93 Å². The lowest BCUT2D eigenvalue weighted by Gasteiger charge is -2.32. The highest BCUT2D eigenvalue weighted by Gasteiger charge is 2.34. The number of aromatic nitrogens is 2. The number of benzene rings is 2. The van der Waals surface area contributed by atoms with Crippen LogP contribution in [0.3, 0.4) is 0 Å². The van der Waals surface area contributed by atoms with Gasteiger partial charge in [0.15, 0.2) is 11.5 Å². The number of amides is 2. The van der Waals surface area contributed by atoms with E-state index in [1.165, 1.54) is 38.5 Å². The Balaban J connectivity index is 1.58.